The molecule has 1 unspecified atom stereocenters. The van der Waals surface area contributed by atoms with E-state index in [4.69, 9.17) is 4.74 Å². The number of aromatic amines is 1. The van der Waals surface area contributed by atoms with Crippen molar-refractivity contribution in [3.63, 3.8) is 0 Å². The molecule has 0 spiro atoms. The van der Waals surface area contributed by atoms with Crippen LogP contribution in [0.25, 0.3) is 11.0 Å². The summed E-state index contributed by atoms with van der Waals surface area (Å²) in [6.45, 7) is 4.41. The van der Waals surface area contributed by atoms with E-state index in [1.165, 1.54) is 5.56 Å². The van der Waals surface area contributed by atoms with E-state index in [1.807, 2.05) is 6.07 Å². The SMILES string of the molecule is CCC(C)c1ccc(OC)c2[nH]cnc12. The molecule has 80 valence electrons. The van der Waals surface area contributed by atoms with Gasteiger partial charge in [-0.25, -0.2) is 4.98 Å². The van der Waals surface area contributed by atoms with Crippen LogP contribution in [-0.4, -0.2) is 17.1 Å². The normalized spacial score (nSPS) is 13.0. The summed E-state index contributed by atoms with van der Waals surface area (Å²) in [5.41, 5.74) is 3.31. The predicted molar refractivity (Wildman–Crippen MR) is 61.4 cm³/mol. The first-order valence-electron chi connectivity index (χ1n) is 5.27. The number of hydrogen-bond acceptors (Lipinski definition) is 2. The molecule has 0 saturated heterocycles. The zero-order valence-electron chi connectivity index (χ0n) is 9.37. The van der Waals surface area contributed by atoms with Crippen molar-refractivity contribution < 1.29 is 4.74 Å². The Labute approximate surface area is 89.5 Å². The van der Waals surface area contributed by atoms with Crippen LogP contribution in [-0.2, 0) is 0 Å². The Kier molecular flexibility index (Phi) is 2.62. The van der Waals surface area contributed by atoms with Gasteiger partial charge in [0.2, 0.25) is 0 Å². The summed E-state index contributed by atoms with van der Waals surface area (Å²) in [5, 5.41) is 0. The molecule has 3 heteroatoms. The summed E-state index contributed by atoms with van der Waals surface area (Å²) in [6.07, 6.45) is 2.84. The highest BCUT2D eigenvalue weighted by atomic mass is 16.5. The van der Waals surface area contributed by atoms with Crippen molar-refractivity contribution in [2.45, 2.75) is 26.2 Å². The summed E-state index contributed by atoms with van der Waals surface area (Å²) in [7, 11) is 1.68. The fraction of sp³-hybridized carbons (Fsp3) is 0.417. The summed E-state index contributed by atoms with van der Waals surface area (Å²) in [6, 6.07) is 4.11. The molecule has 0 aliphatic heterocycles. The standard InChI is InChI=1S/C12H16N2O/c1-4-8(2)9-5-6-10(15-3)12-11(9)13-7-14-12/h5-8H,4H2,1-3H3,(H,13,14). The Morgan fingerprint density at radius 2 is 2.27 bits per heavy atom. The maximum atomic E-state index is 5.28. The molecule has 1 atom stereocenters. The molecule has 0 aliphatic rings. The first kappa shape index (κ1) is 10.0. The van der Waals surface area contributed by atoms with Gasteiger partial charge in [0, 0.05) is 0 Å². The first-order chi connectivity index (χ1) is 7.27. The topological polar surface area (TPSA) is 37.9 Å². The number of benzene rings is 1. The zero-order valence-corrected chi connectivity index (χ0v) is 9.37. The van der Waals surface area contributed by atoms with Crippen LogP contribution in [0.4, 0.5) is 0 Å². The maximum absolute atomic E-state index is 5.28. The number of imidazole rings is 1. The smallest absolute Gasteiger partial charge is 0.144 e. The molecule has 0 bridgehead atoms. The molecule has 1 aromatic carbocycles. The zero-order chi connectivity index (χ0) is 10.8. The van der Waals surface area contributed by atoms with Gasteiger partial charge in [-0.1, -0.05) is 19.9 Å². The fourth-order valence-electron chi connectivity index (χ4n) is 1.82. The number of nitrogens with zero attached hydrogens (tertiary/aromatic N) is 1. The molecule has 2 rings (SSSR count). The van der Waals surface area contributed by atoms with Crippen molar-refractivity contribution in [2.24, 2.45) is 0 Å². The average Bonchev–Trinajstić information content (AvgIpc) is 2.75. The van der Waals surface area contributed by atoms with Crippen LogP contribution in [0.5, 0.6) is 5.75 Å². The van der Waals surface area contributed by atoms with Crippen LogP contribution in [0.1, 0.15) is 31.7 Å². The van der Waals surface area contributed by atoms with E-state index in [1.54, 1.807) is 13.4 Å². The molecule has 1 N–H and O–H groups in total. The minimum absolute atomic E-state index is 0.529. The second-order valence-corrected chi connectivity index (χ2v) is 3.79. The highest BCUT2D eigenvalue weighted by molar-refractivity contribution is 5.84. The van der Waals surface area contributed by atoms with Gasteiger partial charge in [0.1, 0.15) is 11.3 Å². The lowest BCUT2D eigenvalue weighted by Crippen LogP contribution is -1.94. The van der Waals surface area contributed by atoms with Gasteiger partial charge < -0.3 is 9.72 Å². The van der Waals surface area contributed by atoms with E-state index in [0.29, 0.717) is 5.92 Å². The first-order valence-corrected chi connectivity index (χ1v) is 5.27. The molecule has 1 aromatic heterocycles. The van der Waals surface area contributed by atoms with Gasteiger partial charge in [0.15, 0.2) is 0 Å². The quantitative estimate of drug-likeness (QED) is 0.834. The molecular formula is C12H16N2O. The van der Waals surface area contributed by atoms with Crippen LogP contribution in [0.2, 0.25) is 0 Å². The highest BCUT2D eigenvalue weighted by Crippen LogP contribution is 2.30. The number of H-pyrrole nitrogens is 1. The van der Waals surface area contributed by atoms with Gasteiger partial charge in [-0.3, -0.25) is 0 Å². The Bertz CT molecular complexity index is 462. The third-order valence-corrected chi connectivity index (χ3v) is 2.94. The molecule has 0 fully saturated rings. The molecule has 0 aliphatic carbocycles. The Balaban J connectivity index is 2.63. The van der Waals surface area contributed by atoms with E-state index in [9.17, 15) is 0 Å². The van der Waals surface area contributed by atoms with Gasteiger partial charge in [0.25, 0.3) is 0 Å². The molecule has 0 amide bonds. The van der Waals surface area contributed by atoms with E-state index in [-0.39, 0.29) is 0 Å². The summed E-state index contributed by atoms with van der Waals surface area (Å²) < 4.78 is 5.28. The van der Waals surface area contributed by atoms with Crippen LogP contribution in [0.15, 0.2) is 18.5 Å². The van der Waals surface area contributed by atoms with Gasteiger partial charge in [-0.15, -0.1) is 0 Å². The molecular weight excluding hydrogens is 188 g/mol. The Hall–Kier alpha value is -1.51. The molecule has 1 heterocycles. The Morgan fingerprint density at radius 3 is 2.93 bits per heavy atom. The summed E-state index contributed by atoms with van der Waals surface area (Å²) >= 11 is 0. The lowest BCUT2D eigenvalue weighted by Gasteiger charge is -2.11. The second kappa shape index (κ2) is 3.93. The second-order valence-electron chi connectivity index (χ2n) is 3.79. The van der Waals surface area contributed by atoms with Crippen LogP contribution in [0.3, 0.4) is 0 Å². The highest BCUT2D eigenvalue weighted by Gasteiger charge is 2.12. The number of rotatable bonds is 3. The molecule has 3 nitrogen and oxygen atoms in total. The van der Waals surface area contributed by atoms with Crippen molar-refractivity contribution in [3.05, 3.63) is 24.0 Å². The lowest BCUT2D eigenvalue weighted by molar-refractivity contribution is 0.419. The van der Waals surface area contributed by atoms with Crippen molar-refractivity contribution in [1.29, 1.82) is 0 Å². The largest absolute Gasteiger partial charge is 0.494 e. The molecule has 0 radical (unpaired) electrons. The number of fused-ring (bicyclic) bond motifs is 1. The van der Waals surface area contributed by atoms with Crippen LogP contribution < -0.4 is 4.74 Å². The van der Waals surface area contributed by atoms with E-state index in [2.05, 4.69) is 29.9 Å². The number of ether oxygens (including phenoxy) is 1. The van der Waals surface area contributed by atoms with Crippen molar-refractivity contribution in [2.75, 3.05) is 7.11 Å². The van der Waals surface area contributed by atoms with E-state index >= 15 is 0 Å². The van der Waals surface area contributed by atoms with Crippen molar-refractivity contribution >= 4 is 11.0 Å². The van der Waals surface area contributed by atoms with E-state index < -0.39 is 0 Å². The van der Waals surface area contributed by atoms with E-state index in [0.717, 1.165) is 23.2 Å². The van der Waals surface area contributed by atoms with Crippen molar-refractivity contribution in [3.8, 4) is 5.75 Å². The van der Waals surface area contributed by atoms with Gasteiger partial charge in [-0.2, -0.15) is 0 Å². The predicted octanol–water partition coefficient (Wildman–Crippen LogP) is 3.09. The lowest BCUT2D eigenvalue weighted by atomic mass is 9.97. The molecule has 15 heavy (non-hydrogen) atoms. The van der Waals surface area contributed by atoms with Crippen LogP contribution in [0, 0.1) is 0 Å². The maximum Gasteiger partial charge on any atom is 0.144 e. The van der Waals surface area contributed by atoms with Gasteiger partial charge in [-0.05, 0) is 24.0 Å². The van der Waals surface area contributed by atoms with Gasteiger partial charge >= 0.3 is 0 Å². The number of hydrogen-bond donors (Lipinski definition) is 1. The van der Waals surface area contributed by atoms with Crippen molar-refractivity contribution in [1.82, 2.24) is 9.97 Å². The Morgan fingerprint density at radius 1 is 1.47 bits per heavy atom. The number of nitrogens with one attached hydrogen (secondary N) is 1. The van der Waals surface area contributed by atoms with Crippen LogP contribution >= 0.6 is 0 Å². The minimum atomic E-state index is 0.529. The summed E-state index contributed by atoms with van der Waals surface area (Å²) in [4.78, 5) is 7.48. The minimum Gasteiger partial charge on any atom is -0.494 e. The third-order valence-electron chi connectivity index (χ3n) is 2.94. The molecule has 0 saturated carbocycles. The average molecular weight is 204 g/mol. The monoisotopic (exact) mass is 204 g/mol. The number of methoxy groups -OCH3 is 1. The van der Waals surface area contributed by atoms with Gasteiger partial charge in [0.05, 0.1) is 19.0 Å². The summed E-state index contributed by atoms with van der Waals surface area (Å²) in [5.74, 6) is 1.39. The molecule has 2 aromatic rings. The third kappa shape index (κ3) is 1.58. The number of aromatic nitrogens is 2. The fourth-order valence-corrected chi connectivity index (χ4v) is 1.82.